The van der Waals surface area contributed by atoms with Gasteiger partial charge in [0.2, 0.25) is 11.8 Å². The Morgan fingerprint density at radius 3 is 2.39 bits per heavy atom. The monoisotopic (exact) mass is 439 g/mol. The summed E-state index contributed by atoms with van der Waals surface area (Å²) in [5.74, 6) is -3.72. The Labute approximate surface area is 202 Å². The van der Waals surface area contributed by atoms with Gasteiger partial charge in [0.25, 0.3) is 0 Å². The third kappa shape index (κ3) is 8.35. The van der Waals surface area contributed by atoms with E-state index < -0.39 is 35.8 Å². The SMILES string of the molecule is CC(C)CC(=O)N[C@@H](CCC(=O)O)C(=O)N[C@@H](Cc1c[nH]c2ccccc12)C(=O)[O-].[Na+]. The molecule has 2 atom stereocenters. The fourth-order valence-electron chi connectivity index (χ4n) is 3.15. The molecule has 0 fully saturated rings. The van der Waals surface area contributed by atoms with Crippen LogP contribution < -0.4 is 45.3 Å². The van der Waals surface area contributed by atoms with Crippen LogP contribution in [0.25, 0.3) is 10.9 Å². The van der Waals surface area contributed by atoms with Crippen LogP contribution in [-0.4, -0.2) is 45.9 Å². The van der Waals surface area contributed by atoms with E-state index in [1.54, 1.807) is 6.20 Å². The summed E-state index contributed by atoms with van der Waals surface area (Å²) in [5.41, 5.74) is 1.52. The zero-order chi connectivity index (χ0) is 22.3. The maximum absolute atomic E-state index is 12.7. The number of carboxylic acids is 2. The zero-order valence-corrected chi connectivity index (χ0v) is 19.9. The van der Waals surface area contributed by atoms with Crippen LogP contribution in [0.1, 0.15) is 38.7 Å². The molecule has 2 aromatic rings. The summed E-state index contributed by atoms with van der Waals surface area (Å²) in [6.45, 7) is 3.67. The summed E-state index contributed by atoms with van der Waals surface area (Å²) in [7, 11) is 0. The van der Waals surface area contributed by atoms with Crippen molar-refractivity contribution in [3.8, 4) is 0 Å². The van der Waals surface area contributed by atoms with Gasteiger partial charge in [-0.2, -0.15) is 0 Å². The second-order valence-corrected chi connectivity index (χ2v) is 7.59. The van der Waals surface area contributed by atoms with Crippen LogP contribution in [0, 0.1) is 5.92 Å². The number of hydrogen-bond acceptors (Lipinski definition) is 5. The third-order valence-corrected chi connectivity index (χ3v) is 4.59. The van der Waals surface area contributed by atoms with Crippen molar-refractivity contribution in [2.45, 2.75) is 51.6 Å². The molecular formula is C21H26N3NaO6. The summed E-state index contributed by atoms with van der Waals surface area (Å²) in [4.78, 5) is 50.3. The minimum absolute atomic E-state index is 0. The van der Waals surface area contributed by atoms with E-state index in [1.807, 2.05) is 38.1 Å². The molecule has 2 rings (SSSR count). The van der Waals surface area contributed by atoms with Gasteiger partial charge in [-0.1, -0.05) is 32.0 Å². The van der Waals surface area contributed by atoms with E-state index >= 15 is 0 Å². The van der Waals surface area contributed by atoms with Crippen LogP contribution >= 0.6 is 0 Å². The van der Waals surface area contributed by atoms with E-state index in [-0.39, 0.29) is 61.2 Å². The number of carbonyl (C=O) groups excluding carboxylic acids is 3. The Bertz CT molecular complexity index is 927. The number of carbonyl (C=O) groups is 4. The summed E-state index contributed by atoms with van der Waals surface area (Å²) < 4.78 is 0. The molecule has 0 spiro atoms. The molecule has 0 aliphatic rings. The number of aromatic nitrogens is 1. The van der Waals surface area contributed by atoms with E-state index in [1.165, 1.54) is 0 Å². The number of carboxylic acid groups (broad SMARTS) is 2. The zero-order valence-electron chi connectivity index (χ0n) is 17.9. The van der Waals surface area contributed by atoms with Gasteiger partial charge in [-0.05, 0) is 24.0 Å². The Hall–Kier alpha value is -2.36. The van der Waals surface area contributed by atoms with Crippen LogP contribution in [0.3, 0.4) is 0 Å². The van der Waals surface area contributed by atoms with Gasteiger partial charge in [0, 0.05) is 36.4 Å². The van der Waals surface area contributed by atoms with Crippen molar-refractivity contribution in [2.24, 2.45) is 5.92 Å². The molecule has 31 heavy (non-hydrogen) atoms. The molecule has 1 aromatic heterocycles. The van der Waals surface area contributed by atoms with Crippen LogP contribution in [0.5, 0.6) is 0 Å². The molecule has 1 heterocycles. The number of rotatable bonds is 11. The Morgan fingerprint density at radius 2 is 1.77 bits per heavy atom. The number of amides is 2. The van der Waals surface area contributed by atoms with E-state index in [9.17, 15) is 24.3 Å². The van der Waals surface area contributed by atoms with Crippen LogP contribution in [0.4, 0.5) is 0 Å². The standard InChI is InChI=1S/C21H27N3O6.Na/c1-12(2)9-18(25)23-16(7-8-19(26)27)20(28)24-17(21(29)30)10-13-11-22-15-6-4-3-5-14(13)15;/h3-6,11-12,16-17,22H,7-10H2,1-2H3,(H,23,25)(H,24,28)(H,26,27)(H,29,30);/q;+1/p-1/t16-,17-;/m0./s1. The van der Waals surface area contributed by atoms with Gasteiger partial charge in [-0.25, -0.2) is 0 Å². The number of aliphatic carboxylic acids is 2. The molecule has 10 heteroatoms. The summed E-state index contributed by atoms with van der Waals surface area (Å²) >= 11 is 0. The first-order chi connectivity index (χ1) is 14.2. The average Bonchev–Trinajstić information content (AvgIpc) is 3.06. The van der Waals surface area contributed by atoms with Crippen molar-refractivity contribution >= 4 is 34.7 Å². The van der Waals surface area contributed by atoms with E-state index in [2.05, 4.69) is 15.6 Å². The summed E-state index contributed by atoms with van der Waals surface area (Å²) in [5, 5.41) is 26.3. The van der Waals surface area contributed by atoms with Gasteiger partial charge >= 0.3 is 35.5 Å². The predicted octanol–water partition coefficient (Wildman–Crippen LogP) is -2.66. The molecule has 0 saturated carbocycles. The molecule has 0 unspecified atom stereocenters. The molecule has 2 amide bonds. The first-order valence-corrected chi connectivity index (χ1v) is 9.74. The number of fused-ring (bicyclic) bond motifs is 1. The van der Waals surface area contributed by atoms with Gasteiger partial charge in [-0.15, -0.1) is 0 Å². The van der Waals surface area contributed by atoms with Crippen LogP contribution in [0.2, 0.25) is 0 Å². The normalized spacial score (nSPS) is 12.6. The fraction of sp³-hybridized carbons (Fsp3) is 0.429. The van der Waals surface area contributed by atoms with Crippen molar-refractivity contribution in [1.82, 2.24) is 15.6 Å². The van der Waals surface area contributed by atoms with Crippen molar-refractivity contribution in [2.75, 3.05) is 0 Å². The average molecular weight is 439 g/mol. The first kappa shape index (κ1) is 26.7. The predicted molar refractivity (Wildman–Crippen MR) is 107 cm³/mol. The molecule has 0 bridgehead atoms. The maximum atomic E-state index is 12.7. The Kier molecular flexibility index (Phi) is 10.7. The molecule has 0 aliphatic heterocycles. The first-order valence-electron chi connectivity index (χ1n) is 9.74. The summed E-state index contributed by atoms with van der Waals surface area (Å²) in [6.07, 6.45) is 1.30. The number of nitrogens with one attached hydrogen (secondary N) is 3. The minimum Gasteiger partial charge on any atom is -0.548 e. The number of para-hydroxylation sites is 1. The summed E-state index contributed by atoms with van der Waals surface area (Å²) in [6, 6.07) is 4.84. The number of aromatic amines is 1. The van der Waals surface area contributed by atoms with Crippen molar-refractivity contribution in [3.63, 3.8) is 0 Å². The Morgan fingerprint density at radius 1 is 1.10 bits per heavy atom. The van der Waals surface area contributed by atoms with Crippen molar-refractivity contribution in [3.05, 3.63) is 36.0 Å². The number of H-pyrrole nitrogens is 1. The fourth-order valence-corrected chi connectivity index (χ4v) is 3.15. The molecule has 0 radical (unpaired) electrons. The Balaban J connectivity index is 0.00000480. The van der Waals surface area contributed by atoms with Crippen LogP contribution in [0.15, 0.2) is 30.5 Å². The van der Waals surface area contributed by atoms with E-state index in [0.717, 1.165) is 10.9 Å². The molecule has 1 aromatic carbocycles. The van der Waals surface area contributed by atoms with Gasteiger partial charge in [-0.3, -0.25) is 14.4 Å². The molecule has 0 saturated heterocycles. The number of benzene rings is 1. The topological polar surface area (TPSA) is 151 Å². The third-order valence-electron chi connectivity index (χ3n) is 4.59. The van der Waals surface area contributed by atoms with Crippen LogP contribution in [-0.2, 0) is 25.6 Å². The van der Waals surface area contributed by atoms with Crippen molar-refractivity contribution < 1.29 is 58.9 Å². The van der Waals surface area contributed by atoms with Gasteiger partial charge in [0.05, 0.1) is 12.0 Å². The second kappa shape index (κ2) is 12.5. The maximum Gasteiger partial charge on any atom is 1.00 e. The minimum atomic E-state index is -1.47. The van der Waals surface area contributed by atoms with E-state index in [0.29, 0.717) is 5.56 Å². The van der Waals surface area contributed by atoms with Gasteiger partial charge in [0.15, 0.2) is 0 Å². The van der Waals surface area contributed by atoms with Gasteiger partial charge in [0.1, 0.15) is 6.04 Å². The number of hydrogen-bond donors (Lipinski definition) is 4. The molecule has 162 valence electrons. The molecular weight excluding hydrogens is 413 g/mol. The molecule has 4 N–H and O–H groups in total. The smallest absolute Gasteiger partial charge is 0.548 e. The van der Waals surface area contributed by atoms with Crippen molar-refractivity contribution in [1.29, 1.82) is 0 Å². The largest absolute Gasteiger partial charge is 1.00 e. The molecule has 9 nitrogen and oxygen atoms in total. The van der Waals surface area contributed by atoms with E-state index in [4.69, 9.17) is 5.11 Å². The second-order valence-electron chi connectivity index (χ2n) is 7.59. The molecule has 0 aliphatic carbocycles. The van der Waals surface area contributed by atoms with Gasteiger partial charge < -0.3 is 30.6 Å². The quantitative estimate of drug-likeness (QED) is 0.281.